The van der Waals surface area contributed by atoms with E-state index in [-0.39, 0.29) is 17.4 Å². The van der Waals surface area contributed by atoms with Crippen LogP contribution < -0.4 is 15.8 Å². The molecular formula is C11H13N2O7PS. The summed E-state index contributed by atoms with van der Waals surface area (Å²) in [5, 5.41) is 10.2. The van der Waals surface area contributed by atoms with Gasteiger partial charge in [-0.2, -0.15) is 0 Å². The van der Waals surface area contributed by atoms with E-state index in [4.69, 9.17) is 20.7 Å². The van der Waals surface area contributed by atoms with Crippen LogP contribution in [0.15, 0.2) is 26.3 Å². The first kappa shape index (κ1) is 16.5. The Labute approximate surface area is 129 Å². The van der Waals surface area contributed by atoms with Crippen molar-refractivity contribution in [1.82, 2.24) is 9.55 Å². The van der Waals surface area contributed by atoms with E-state index >= 15 is 0 Å². The van der Waals surface area contributed by atoms with Gasteiger partial charge in [0.2, 0.25) is 11.5 Å². The molecule has 2 rings (SSSR count). The molecule has 0 bridgehead atoms. The molecule has 11 heteroatoms. The van der Waals surface area contributed by atoms with Crippen LogP contribution in [-0.4, -0.2) is 26.7 Å². The summed E-state index contributed by atoms with van der Waals surface area (Å²) in [7, 11) is 1.16. The molecule has 1 atom stereocenters. The lowest BCUT2D eigenvalue weighted by atomic mass is 10.3. The molecule has 0 radical (unpaired) electrons. The molecule has 3 N–H and O–H groups in total. The van der Waals surface area contributed by atoms with Crippen LogP contribution in [0, 0.1) is 0 Å². The van der Waals surface area contributed by atoms with Gasteiger partial charge in [0.15, 0.2) is 5.76 Å². The third-order valence-electron chi connectivity index (χ3n) is 2.69. The van der Waals surface area contributed by atoms with Crippen molar-refractivity contribution >= 4 is 18.5 Å². The Kier molecular flexibility index (Phi) is 4.57. The second-order valence-corrected chi connectivity index (χ2v) is 6.95. The number of hydrogen-bond donors (Lipinski definition) is 3. The van der Waals surface area contributed by atoms with E-state index in [1.54, 1.807) is 6.92 Å². The summed E-state index contributed by atoms with van der Waals surface area (Å²) in [4.78, 5) is 34.5. The first-order valence-corrected chi connectivity index (χ1v) is 8.63. The van der Waals surface area contributed by atoms with Crippen LogP contribution in [0.5, 0.6) is 11.5 Å². The zero-order valence-electron chi connectivity index (χ0n) is 11.6. The topological polar surface area (TPSA) is 127 Å². The quantitative estimate of drug-likeness (QED) is 0.672. The molecule has 1 unspecified atom stereocenters. The third kappa shape index (κ3) is 3.14. The van der Waals surface area contributed by atoms with E-state index in [1.165, 1.54) is 0 Å². The minimum absolute atomic E-state index is 0.158. The minimum atomic E-state index is -3.59. The van der Waals surface area contributed by atoms with Gasteiger partial charge in [0, 0.05) is 37.6 Å². The fourth-order valence-corrected chi connectivity index (χ4v) is 2.38. The first-order chi connectivity index (χ1) is 10.3. The molecule has 0 saturated carbocycles. The predicted octanol–water partition coefficient (Wildman–Crippen LogP) is 0.629. The zero-order chi connectivity index (χ0) is 16.5. The van der Waals surface area contributed by atoms with Crippen molar-refractivity contribution in [3.63, 3.8) is 0 Å². The molecule has 120 valence electrons. The van der Waals surface area contributed by atoms with Crippen molar-refractivity contribution in [1.29, 1.82) is 0 Å². The normalized spacial score (nSPS) is 13.8. The van der Waals surface area contributed by atoms with E-state index < -0.39 is 23.7 Å². The monoisotopic (exact) mass is 348 g/mol. The fraction of sp³-hybridized carbons (Fsp3) is 0.273. The van der Waals surface area contributed by atoms with Crippen molar-refractivity contribution < 1.29 is 23.5 Å². The van der Waals surface area contributed by atoms with Gasteiger partial charge >= 0.3 is 12.4 Å². The lowest BCUT2D eigenvalue weighted by molar-refractivity contribution is 0.305. The number of furan rings is 1. The molecule has 9 nitrogen and oxygen atoms in total. The molecular weight excluding hydrogens is 335 g/mol. The highest BCUT2D eigenvalue weighted by Crippen LogP contribution is 2.50. The Morgan fingerprint density at radius 2 is 2.18 bits per heavy atom. The van der Waals surface area contributed by atoms with Gasteiger partial charge in [-0.3, -0.25) is 9.78 Å². The largest absolute Gasteiger partial charge is 0.500 e. The van der Waals surface area contributed by atoms with Crippen LogP contribution in [0.3, 0.4) is 0 Å². The average molecular weight is 348 g/mol. The van der Waals surface area contributed by atoms with E-state index in [2.05, 4.69) is 4.52 Å². The average Bonchev–Trinajstić information content (AvgIpc) is 2.76. The minimum Gasteiger partial charge on any atom is -0.500 e. The molecule has 0 aliphatic rings. The van der Waals surface area contributed by atoms with E-state index in [0.717, 1.165) is 23.9 Å². The highest BCUT2D eigenvalue weighted by Gasteiger charge is 2.27. The maximum atomic E-state index is 11.8. The molecule has 0 fully saturated rings. The predicted molar refractivity (Wildman–Crippen MR) is 80.1 cm³/mol. The maximum absolute atomic E-state index is 11.8. The summed E-state index contributed by atoms with van der Waals surface area (Å²) in [5.41, 5.74) is -1.40. The van der Waals surface area contributed by atoms with Crippen molar-refractivity contribution in [2.24, 2.45) is 0 Å². The number of aromatic hydroxyl groups is 1. The van der Waals surface area contributed by atoms with Gasteiger partial charge in [0.25, 0.3) is 11.4 Å². The molecule has 0 spiro atoms. The molecule has 22 heavy (non-hydrogen) atoms. The van der Waals surface area contributed by atoms with Crippen LogP contribution in [0.1, 0.15) is 12.7 Å². The summed E-state index contributed by atoms with van der Waals surface area (Å²) >= 11 is 4.72. The van der Waals surface area contributed by atoms with Crippen LogP contribution in [0.2, 0.25) is 0 Å². The number of hydrogen-bond acceptors (Lipinski definition) is 7. The van der Waals surface area contributed by atoms with Gasteiger partial charge in [-0.05, 0) is 0 Å². The molecule has 0 amide bonds. The van der Waals surface area contributed by atoms with Crippen LogP contribution >= 0.6 is 6.72 Å². The summed E-state index contributed by atoms with van der Waals surface area (Å²) in [6.45, 7) is -1.89. The number of H-pyrrole nitrogens is 1. The fourth-order valence-electron chi connectivity index (χ4n) is 1.66. The van der Waals surface area contributed by atoms with E-state index in [1.807, 2.05) is 4.98 Å². The van der Waals surface area contributed by atoms with Gasteiger partial charge in [0.05, 0.1) is 0 Å². The second kappa shape index (κ2) is 6.09. The Hall–Kier alpha value is -1.87. The number of nitrogens with one attached hydrogen (secondary N) is 1. The Morgan fingerprint density at radius 3 is 2.73 bits per heavy atom. The molecule has 0 saturated heterocycles. The number of aromatic amines is 1. The first-order valence-electron chi connectivity index (χ1n) is 6.04. The lowest BCUT2D eigenvalue weighted by Crippen LogP contribution is -2.27. The van der Waals surface area contributed by atoms with Crippen molar-refractivity contribution in [3.8, 4) is 17.4 Å². The number of aromatic nitrogens is 2. The molecule has 0 aliphatic carbocycles. The Balaban J connectivity index is 2.60. The van der Waals surface area contributed by atoms with Crippen LogP contribution in [0.4, 0.5) is 0 Å². The summed E-state index contributed by atoms with van der Waals surface area (Å²) in [6.07, 6.45) is 1.42. The van der Waals surface area contributed by atoms with Gasteiger partial charge in [0.1, 0.15) is 0 Å². The molecule has 2 aromatic heterocycles. The highest BCUT2D eigenvalue weighted by atomic mass is 32.5. The summed E-state index contributed by atoms with van der Waals surface area (Å²) < 4.78 is 16.0. The zero-order valence-corrected chi connectivity index (χ0v) is 13.3. The maximum Gasteiger partial charge on any atom is 0.377 e. The van der Waals surface area contributed by atoms with Gasteiger partial charge in [-0.15, -0.1) is 0 Å². The van der Waals surface area contributed by atoms with E-state index in [9.17, 15) is 19.6 Å². The number of aryl methyl sites for hydroxylation is 1. The third-order valence-corrected chi connectivity index (χ3v) is 4.24. The lowest BCUT2D eigenvalue weighted by Gasteiger charge is -2.13. The standard InChI is InChI=1S/C11H13N2O7PS/c1-3-6-9(20-21(17,22)18-2)8(15)10(19-6)13-5-4-7(14)12-11(13)16/h4-5,15H,3H2,1-2H3,(H,17,22)(H,12,14,16). The second-order valence-electron chi connectivity index (χ2n) is 4.08. The van der Waals surface area contributed by atoms with Gasteiger partial charge in [-0.1, -0.05) is 6.92 Å². The van der Waals surface area contributed by atoms with Crippen molar-refractivity contribution in [2.45, 2.75) is 13.3 Å². The molecule has 2 heterocycles. The van der Waals surface area contributed by atoms with Crippen LogP contribution in [-0.2, 0) is 22.8 Å². The van der Waals surface area contributed by atoms with Gasteiger partial charge in [-0.25, -0.2) is 9.36 Å². The van der Waals surface area contributed by atoms with Gasteiger partial charge < -0.3 is 23.5 Å². The Bertz CT molecular complexity index is 853. The SMILES string of the molecule is CCc1oc(-n2ccc(=O)[nH]c2=O)c(O)c1OP(O)(=S)OC. The number of nitrogens with zero attached hydrogens (tertiary/aromatic N) is 1. The highest BCUT2D eigenvalue weighted by molar-refractivity contribution is 8.07. The number of rotatable bonds is 5. The van der Waals surface area contributed by atoms with Crippen LogP contribution in [0.25, 0.3) is 5.88 Å². The molecule has 2 aromatic rings. The Morgan fingerprint density at radius 1 is 1.50 bits per heavy atom. The summed E-state index contributed by atoms with van der Waals surface area (Å²) in [5.74, 6) is -0.847. The van der Waals surface area contributed by atoms with E-state index in [0.29, 0.717) is 6.42 Å². The molecule has 0 aromatic carbocycles. The summed E-state index contributed by atoms with van der Waals surface area (Å²) in [6, 6.07) is 1.08. The van der Waals surface area contributed by atoms with Crippen molar-refractivity contribution in [2.75, 3.05) is 7.11 Å². The molecule has 0 aliphatic heterocycles. The van der Waals surface area contributed by atoms with Crippen molar-refractivity contribution in [3.05, 3.63) is 38.9 Å². The smallest absolute Gasteiger partial charge is 0.377 e.